The van der Waals surface area contributed by atoms with E-state index in [1.807, 2.05) is 18.2 Å². The van der Waals surface area contributed by atoms with E-state index in [-0.39, 0.29) is 12.3 Å². The number of rotatable bonds is 3. The number of nitrogens with one attached hydrogen (secondary N) is 1. The molecule has 3 N–H and O–H groups in total. The third-order valence-electron chi connectivity index (χ3n) is 3.07. The topological polar surface area (TPSA) is 81.1 Å². The summed E-state index contributed by atoms with van der Waals surface area (Å²) in [7, 11) is 0. The Morgan fingerprint density at radius 2 is 2.10 bits per heavy atom. The molecule has 0 aliphatic heterocycles. The second-order valence-corrected chi connectivity index (χ2v) is 5.02. The zero-order valence-electron chi connectivity index (χ0n) is 11.0. The Bertz CT molecular complexity index is 814. The second kappa shape index (κ2) is 5.46. The van der Waals surface area contributed by atoms with Crippen LogP contribution in [0.25, 0.3) is 11.0 Å². The maximum atomic E-state index is 12.1. The molecule has 1 amide bonds. The second-order valence-electron chi connectivity index (χ2n) is 4.58. The minimum atomic E-state index is -0.233. The van der Waals surface area contributed by atoms with E-state index in [0.29, 0.717) is 27.7 Å². The molecule has 0 radical (unpaired) electrons. The monoisotopic (exact) mass is 301 g/mol. The van der Waals surface area contributed by atoms with Crippen LogP contribution in [0.2, 0.25) is 5.02 Å². The van der Waals surface area contributed by atoms with Crippen molar-refractivity contribution in [3.05, 3.63) is 53.2 Å². The number of carbonyl (C=O) groups is 1. The fourth-order valence-corrected chi connectivity index (χ4v) is 2.22. The minimum absolute atomic E-state index is 0.100. The molecule has 0 saturated carbocycles. The summed E-state index contributed by atoms with van der Waals surface area (Å²) in [6.07, 6.45) is 0.100. The Hall–Kier alpha value is -2.53. The molecule has 0 bridgehead atoms. The van der Waals surface area contributed by atoms with Crippen molar-refractivity contribution in [3.63, 3.8) is 0 Å². The van der Waals surface area contributed by atoms with E-state index in [1.165, 1.54) is 0 Å². The van der Waals surface area contributed by atoms with Gasteiger partial charge in [0, 0.05) is 10.4 Å². The van der Waals surface area contributed by atoms with Gasteiger partial charge in [-0.3, -0.25) is 4.79 Å². The number of halogens is 1. The normalized spacial score (nSPS) is 10.7. The SMILES string of the molecule is Nc1ccc(Cl)cc1NC(=O)Cc1noc2ccccc12. The molecule has 1 heterocycles. The number of aromatic nitrogens is 1. The van der Waals surface area contributed by atoms with E-state index >= 15 is 0 Å². The van der Waals surface area contributed by atoms with Gasteiger partial charge in [0.05, 0.1) is 17.8 Å². The minimum Gasteiger partial charge on any atom is -0.397 e. The highest BCUT2D eigenvalue weighted by molar-refractivity contribution is 6.31. The Morgan fingerprint density at radius 1 is 1.29 bits per heavy atom. The predicted octanol–water partition coefficient (Wildman–Crippen LogP) is 3.24. The van der Waals surface area contributed by atoms with Gasteiger partial charge in [0.1, 0.15) is 5.69 Å². The van der Waals surface area contributed by atoms with Crippen molar-refractivity contribution in [3.8, 4) is 0 Å². The third-order valence-corrected chi connectivity index (χ3v) is 3.30. The molecule has 0 aliphatic carbocycles. The molecular formula is C15H12ClN3O2. The summed E-state index contributed by atoms with van der Waals surface area (Å²) >= 11 is 5.89. The summed E-state index contributed by atoms with van der Waals surface area (Å²) < 4.78 is 5.17. The lowest BCUT2D eigenvalue weighted by atomic mass is 10.1. The lowest BCUT2D eigenvalue weighted by molar-refractivity contribution is -0.115. The lowest BCUT2D eigenvalue weighted by Crippen LogP contribution is -2.15. The average molecular weight is 302 g/mol. The Labute approximate surface area is 125 Å². The van der Waals surface area contributed by atoms with Crippen molar-refractivity contribution in [1.29, 1.82) is 0 Å². The fraction of sp³-hybridized carbons (Fsp3) is 0.0667. The van der Waals surface area contributed by atoms with Crippen molar-refractivity contribution in [2.75, 3.05) is 11.1 Å². The first-order chi connectivity index (χ1) is 10.1. The number of amides is 1. The summed E-state index contributed by atoms with van der Waals surface area (Å²) in [5, 5.41) is 7.98. The van der Waals surface area contributed by atoms with Crippen molar-refractivity contribution < 1.29 is 9.32 Å². The Morgan fingerprint density at radius 3 is 2.95 bits per heavy atom. The van der Waals surface area contributed by atoms with E-state index in [2.05, 4.69) is 10.5 Å². The number of nitrogen functional groups attached to an aromatic ring is 1. The summed E-state index contributed by atoms with van der Waals surface area (Å²) in [6.45, 7) is 0. The van der Waals surface area contributed by atoms with Crippen LogP contribution in [0.1, 0.15) is 5.69 Å². The molecule has 0 spiro atoms. The highest BCUT2D eigenvalue weighted by Gasteiger charge is 2.13. The van der Waals surface area contributed by atoms with Gasteiger partial charge in [-0.15, -0.1) is 0 Å². The van der Waals surface area contributed by atoms with E-state index < -0.39 is 0 Å². The molecule has 0 unspecified atom stereocenters. The van der Waals surface area contributed by atoms with Crippen LogP contribution in [0.5, 0.6) is 0 Å². The molecule has 3 aromatic rings. The number of hydrogen-bond donors (Lipinski definition) is 2. The van der Waals surface area contributed by atoms with Gasteiger partial charge in [-0.2, -0.15) is 0 Å². The van der Waals surface area contributed by atoms with E-state index in [4.69, 9.17) is 21.9 Å². The molecule has 21 heavy (non-hydrogen) atoms. The standard InChI is InChI=1S/C15H12ClN3O2/c16-9-5-6-11(17)13(7-9)18-15(20)8-12-10-3-1-2-4-14(10)21-19-12/h1-7H,8,17H2,(H,18,20). The van der Waals surface area contributed by atoms with Crippen LogP contribution in [-0.4, -0.2) is 11.1 Å². The first kappa shape index (κ1) is 13.5. The zero-order chi connectivity index (χ0) is 14.8. The van der Waals surface area contributed by atoms with Crippen molar-refractivity contribution in [2.45, 2.75) is 6.42 Å². The number of hydrogen-bond acceptors (Lipinski definition) is 4. The van der Waals surface area contributed by atoms with Gasteiger partial charge in [-0.1, -0.05) is 28.9 Å². The van der Waals surface area contributed by atoms with E-state index in [0.717, 1.165) is 5.39 Å². The molecule has 2 aromatic carbocycles. The van der Waals surface area contributed by atoms with Gasteiger partial charge in [-0.05, 0) is 30.3 Å². The number of nitrogens with zero attached hydrogens (tertiary/aromatic N) is 1. The fourth-order valence-electron chi connectivity index (χ4n) is 2.05. The largest absolute Gasteiger partial charge is 0.397 e. The number of carbonyl (C=O) groups excluding carboxylic acids is 1. The zero-order valence-corrected chi connectivity index (χ0v) is 11.7. The molecule has 0 atom stereocenters. The van der Waals surface area contributed by atoms with Crippen LogP contribution in [0.3, 0.4) is 0 Å². The predicted molar refractivity (Wildman–Crippen MR) is 82.2 cm³/mol. The molecule has 0 aliphatic rings. The van der Waals surface area contributed by atoms with Gasteiger partial charge >= 0.3 is 0 Å². The third kappa shape index (κ3) is 2.83. The highest BCUT2D eigenvalue weighted by Crippen LogP contribution is 2.24. The van der Waals surface area contributed by atoms with Gasteiger partial charge in [0.25, 0.3) is 0 Å². The molecule has 1 aromatic heterocycles. The molecule has 0 fully saturated rings. The smallest absolute Gasteiger partial charge is 0.230 e. The first-order valence-corrected chi connectivity index (χ1v) is 6.69. The van der Waals surface area contributed by atoms with E-state index in [1.54, 1.807) is 24.3 Å². The van der Waals surface area contributed by atoms with Crippen molar-refractivity contribution in [1.82, 2.24) is 5.16 Å². The number of fused-ring (bicyclic) bond motifs is 1. The number of anilines is 2. The number of para-hydroxylation sites is 1. The maximum absolute atomic E-state index is 12.1. The molecular weight excluding hydrogens is 290 g/mol. The van der Waals surface area contributed by atoms with Crippen LogP contribution in [0.15, 0.2) is 47.0 Å². The van der Waals surface area contributed by atoms with Gasteiger partial charge in [-0.25, -0.2) is 0 Å². The number of benzene rings is 2. The summed E-state index contributed by atoms with van der Waals surface area (Å²) in [6, 6.07) is 12.3. The summed E-state index contributed by atoms with van der Waals surface area (Å²) in [4.78, 5) is 12.1. The Kier molecular flexibility index (Phi) is 3.50. The van der Waals surface area contributed by atoms with Gasteiger partial charge in [0.15, 0.2) is 5.58 Å². The maximum Gasteiger partial charge on any atom is 0.230 e. The molecule has 0 saturated heterocycles. The average Bonchev–Trinajstić information content (AvgIpc) is 2.86. The molecule has 5 nitrogen and oxygen atoms in total. The molecule has 106 valence electrons. The summed E-state index contributed by atoms with van der Waals surface area (Å²) in [5.74, 6) is -0.233. The first-order valence-electron chi connectivity index (χ1n) is 6.31. The highest BCUT2D eigenvalue weighted by atomic mass is 35.5. The van der Waals surface area contributed by atoms with Crippen molar-refractivity contribution in [2.24, 2.45) is 0 Å². The van der Waals surface area contributed by atoms with Gasteiger partial charge in [0.2, 0.25) is 5.91 Å². The molecule has 6 heteroatoms. The lowest BCUT2D eigenvalue weighted by Gasteiger charge is -2.07. The van der Waals surface area contributed by atoms with Crippen LogP contribution in [-0.2, 0) is 11.2 Å². The number of nitrogens with two attached hydrogens (primary N) is 1. The Balaban J connectivity index is 1.79. The van der Waals surface area contributed by atoms with Crippen molar-refractivity contribution >= 4 is 39.9 Å². The molecule has 3 rings (SSSR count). The van der Waals surface area contributed by atoms with Crippen LogP contribution in [0.4, 0.5) is 11.4 Å². The van der Waals surface area contributed by atoms with Gasteiger partial charge < -0.3 is 15.6 Å². The van der Waals surface area contributed by atoms with Crippen LogP contribution < -0.4 is 11.1 Å². The van der Waals surface area contributed by atoms with Crippen LogP contribution >= 0.6 is 11.6 Å². The van der Waals surface area contributed by atoms with E-state index in [9.17, 15) is 4.79 Å². The van der Waals surface area contributed by atoms with Crippen LogP contribution in [0, 0.1) is 0 Å². The quantitative estimate of drug-likeness (QED) is 0.728. The summed E-state index contributed by atoms with van der Waals surface area (Å²) in [5.41, 5.74) is 7.98.